The van der Waals surface area contributed by atoms with Crippen molar-refractivity contribution in [1.29, 1.82) is 0 Å². The van der Waals surface area contributed by atoms with Gasteiger partial charge in [0.2, 0.25) is 10.0 Å². The topological polar surface area (TPSA) is 145 Å². The molecule has 0 saturated heterocycles. The summed E-state index contributed by atoms with van der Waals surface area (Å²) in [6, 6.07) is 6.91. The van der Waals surface area contributed by atoms with E-state index in [1.54, 1.807) is 24.3 Å². The number of halogens is 2. The maximum atomic E-state index is 12.4. The summed E-state index contributed by atoms with van der Waals surface area (Å²) in [6.45, 7) is 1.11. The number of para-hydroxylation sites is 1. The first-order valence-electron chi connectivity index (χ1n) is 7.62. The summed E-state index contributed by atoms with van der Waals surface area (Å²) < 4.78 is 27.3. The van der Waals surface area contributed by atoms with Crippen molar-refractivity contribution in [2.45, 2.75) is 17.9 Å². The Morgan fingerprint density at radius 2 is 1.71 bits per heavy atom. The van der Waals surface area contributed by atoms with E-state index in [0.29, 0.717) is 10.2 Å². The molecule has 1 atom stereocenters. The molecule has 0 aromatic heterocycles. The molecule has 0 aliphatic rings. The van der Waals surface area contributed by atoms with Crippen molar-refractivity contribution >= 4 is 60.9 Å². The van der Waals surface area contributed by atoms with Crippen LogP contribution >= 0.6 is 27.5 Å². The number of aliphatic carboxylic acids is 1. The molecule has 2 rings (SSSR count). The molecule has 1 unspecified atom stereocenters. The van der Waals surface area contributed by atoms with E-state index in [1.807, 2.05) is 4.72 Å². The molecule has 28 heavy (non-hydrogen) atoms. The maximum absolute atomic E-state index is 12.4. The number of phenols is 1. The number of hydrogen-bond acceptors (Lipinski definition) is 5. The lowest BCUT2D eigenvalue weighted by molar-refractivity contribution is -0.138. The number of hydrogen-bond donors (Lipinski definition) is 5. The lowest BCUT2D eigenvalue weighted by atomic mass is 10.3. The van der Waals surface area contributed by atoms with Crippen LogP contribution in [-0.4, -0.2) is 36.7 Å². The molecule has 150 valence electrons. The summed E-state index contributed by atoms with van der Waals surface area (Å²) in [7, 11) is -4.48. The van der Waals surface area contributed by atoms with E-state index in [1.165, 1.54) is 6.07 Å². The standard InChI is InChI=1S/C16H15BrClN3O6S/c1-8(15(23)24)21-28(26,27)14-10(18)6-7-12(13(14)22)20-16(25)19-11-5-3-2-4-9(11)17/h2-8,21-22H,1H3,(H,23,24)(H2,19,20,25). The smallest absolute Gasteiger partial charge is 0.323 e. The zero-order valence-corrected chi connectivity index (χ0v) is 17.4. The van der Waals surface area contributed by atoms with Crippen LogP contribution in [0.25, 0.3) is 0 Å². The Morgan fingerprint density at radius 3 is 2.32 bits per heavy atom. The van der Waals surface area contributed by atoms with Gasteiger partial charge in [-0.05, 0) is 47.1 Å². The fraction of sp³-hybridized carbons (Fsp3) is 0.125. The molecule has 12 heteroatoms. The van der Waals surface area contributed by atoms with E-state index in [0.717, 1.165) is 13.0 Å². The van der Waals surface area contributed by atoms with Gasteiger partial charge in [-0.15, -0.1) is 0 Å². The largest absolute Gasteiger partial charge is 0.504 e. The molecule has 0 fully saturated rings. The second-order valence-electron chi connectivity index (χ2n) is 5.51. The van der Waals surface area contributed by atoms with Gasteiger partial charge in [-0.25, -0.2) is 13.2 Å². The second kappa shape index (κ2) is 8.78. The maximum Gasteiger partial charge on any atom is 0.323 e. The summed E-state index contributed by atoms with van der Waals surface area (Å²) >= 11 is 9.14. The van der Waals surface area contributed by atoms with Crippen LogP contribution in [0.15, 0.2) is 45.8 Å². The van der Waals surface area contributed by atoms with Gasteiger partial charge in [0.1, 0.15) is 10.9 Å². The Labute approximate surface area is 173 Å². The Kier molecular flexibility index (Phi) is 6.88. The Balaban J connectivity index is 2.30. The molecular weight excluding hydrogens is 478 g/mol. The highest BCUT2D eigenvalue weighted by molar-refractivity contribution is 9.10. The van der Waals surface area contributed by atoms with E-state index < -0.39 is 38.7 Å². The van der Waals surface area contributed by atoms with Crippen LogP contribution in [0.2, 0.25) is 5.02 Å². The van der Waals surface area contributed by atoms with Crippen LogP contribution < -0.4 is 15.4 Å². The fourth-order valence-electron chi connectivity index (χ4n) is 2.08. The van der Waals surface area contributed by atoms with Crippen LogP contribution in [0.3, 0.4) is 0 Å². The van der Waals surface area contributed by atoms with Gasteiger partial charge >= 0.3 is 12.0 Å². The molecule has 0 heterocycles. The molecule has 0 aliphatic heterocycles. The highest BCUT2D eigenvalue weighted by Crippen LogP contribution is 2.37. The summed E-state index contributed by atoms with van der Waals surface area (Å²) in [6.07, 6.45) is 0. The third-order valence-corrected chi connectivity index (χ3v) is 6.16. The van der Waals surface area contributed by atoms with Crippen LogP contribution in [0, 0.1) is 0 Å². The molecule has 0 saturated carbocycles. The van der Waals surface area contributed by atoms with Gasteiger partial charge in [0.25, 0.3) is 0 Å². The van der Waals surface area contributed by atoms with Crippen molar-refractivity contribution in [3.8, 4) is 5.75 Å². The molecule has 5 N–H and O–H groups in total. The number of rotatable bonds is 6. The highest BCUT2D eigenvalue weighted by atomic mass is 79.9. The Bertz CT molecular complexity index is 1030. The van der Waals surface area contributed by atoms with Crippen molar-refractivity contribution in [3.63, 3.8) is 0 Å². The fourth-order valence-corrected chi connectivity index (χ4v) is 4.30. The molecule has 2 aromatic rings. The molecular formula is C16H15BrClN3O6S. The van der Waals surface area contributed by atoms with Crippen molar-refractivity contribution in [2.24, 2.45) is 0 Å². The lowest BCUT2D eigenvalue weighted by Gasteiger charge is -2.16. The van der Waals surface area contributed by atoms with Gasteiger partial charge in [-0.1, -0.05) is 23.7 Å². The molecule has 9 nitrogen and oxygen atoms in total. The van der Waals surface area contributed by atoms with Crippen molar-refractivity contribution in [3.05, 3.63) is 45.9 Å². The van der Waals surface area contributed by atoms with Crippen LogP contribution in [0.4, 0.5) is 16.2 Å². The van der Waals surface area contributed by atoms with E-state index in [-0.39, 0.29) is 10.7 Å². The van der Waals surface area contributed by atoms with E-state index in [9.17, 15) is 23.1 Å². The average molecular weight is 493 g/mol. The predicted molar refractivity (Wildman–Crippen MR) is 107 cm³/mol. The summed E-state index contributed by atoms with van der Waals surface area (Å²) in [5.41, 5.74) is 0.204. The molecule has 0 spiro atoms. The summed E-state index contributed by atoms with van der Waals surface area (Å²) in [5.74, 6) is -2.25. The van der Waals surface area contributed by atoms with Gasteiger partial charge in [0, 0.05) is 4.47 Å². The molecule has 2 aromatic carbocycles. The van der Waals surface area contributed by atoms with Crippen molar-refractivity contribution < 1.29 is 28.2 Å². The van der Waals surface area contributed by atoms with Crippen LogP contribution in [-0.2, 0) is 14.8 Å². The average Bonchev–Trinajstić information content (AvgIpc) is 2.59. The zero-order chi connectivity index (χ0) is 21.1. The number of sulfonamides is 1. The number of anilines is 2. The number of carboxylic acids is 1. The molecule has 0 aliphatic carbocycles. The number of phenolic OH excluding ortho intramolecular Hbond substituents is 1. The molecule has 2 amide bonds. The lowest BCUT2D eigenvalue weighted by Crippen LogP contribution is -2.38. The van der Waals surface area contributed by atoms with Gasteiger partial charge < -0.3 is 20.8 Å². The number of carboxylic acid groups (broad SMARTS) is 1. The minimum atomic E-state index is -4.48. The number of amides is 2. The minimum absolute atomic E-state index is 0.239. The van der Waals surface area contributed by atoms with E-state index in [4.69, 9.17) is 16.7 Å². The Hall–Kier alpha value is -2.34. The molecule has 0 bridgehead atoms. The van der Waals surface area contributed by atoms with Gasteiger partial charge in [0.15, 0.2) is 5.75 Å². The summed E-state index contributed by atoms with van der Waals surface area (Å²) in [5, 5.41) is 23.7. The third kappa shape index (κ3) is 5.13. The second-order valence-corrected chi connectivity index (χ2v) is 8.43. The van der Waals surface area contributed by atoms with Gasteiger partial charge in [0.05, 0.1) is 16.4 Å². The van der Waals surface area contributed by atoms with Gasteiger partial charge in [-0.2, -0.15) is 4.72 Å². The quantitative estimate of drug-likeness (QED) is 0.392. The first kappa shape index (κ1) is 22.0. The van der Waals surface area contributed by atoms with Gasteiger partial charge in [-0.3, -0.25) is 4.79 Å². The number of benzene rings is 2. The SMILES string of the molecule is CC(NS(=O)(=O)c1c(Cl)ccc(NC(=O)Nc2ccccc2Br)c1O)C(=O)O. The van der Waals surface area contributed by atoms with Crippen molar-refractivity contribution in [2.75, 3.05) is 10.6 Å². The van der Waals surface area contributed by atoms with E-state index >= 15 is 0 Å². The van der Waals surface area contributed by atoms with Crippen LogP contribution in [0.5, 0.6) is 5.75 Å². The predicted octanol–water partition coefficient (Wildman–Crippen LogP) is 3.20. The number of carbonyl (C=O) groups is 2. The first-order valence-corrected chi connectivity index (χ1v) is 10.3. The number of nitrogens with one attached hydrogen (secondary N) is 3. The minimum Gasteiger partial charge on any atom is -0.504 e. The van der Waals surface area contributed by atoms with E-state index in [2.05, 4.69) is 26.6 Å². The Morgan fingerprint density at radius 1 is 1.11 bits per heavy atom. The van der Waals surface area contributed by atoms with Crippen molar-refractivity contribution in [1.82, 2.24) is 4.72 Å². The number of carbonyl (C=O) groups excluding carboxylic acids is 1. The number of urea groups is 1. The molecule has 0 radical (unpaired) electrons. The highest BCUT2D eigenvalue weighted by Gasteiger charge is 2.28. The zero-order valence-electron chi connectivity index (χ0n) is 14.2. The summed E-state index contributed by atoms with van der Waals surface area (Å²) in [4.78, 5) is 22.3. The monoisotopic (exact) mass is 491 g/mol. The normalized spacial score (nSPS) is 12.2. The van der Waals surface area contributed by atoms with Crippen LogP contribution in [0.1, 0.15) is 6.92 Å². The third-order valence-electron chi connectivity index (χ3n) is 3.42. The first-order chi connectivity index (χ1) is 13.0. The number of aromatic hydroxyl groups is 1.